The Balaban J connectivity index is 2.94. The third-order valence-electron chi connectivity index (χ3n) is 2.31. The molecular formula is C13H22BrN3O. The fourth-order valence-corrected chi connectivity index (χ4v) is 2.08. The van der Waals surface area contributed by atoms with Crippen LogP contribution >= 0.6 is 15.9 Å². The SMILES string of the molecule is CCCN(CCBr)c1nc(C)cc(OC(C)C)n1. The highest BCUT2D eigenvalue weighted by molar-refractivity contribution is 9.09. The lowest BCUT2D eigenvalue weighted by Gasteiger charge is -2.22. The number of alkyl halides is 1. The van der Waals surface area contributed by atoms with E-state index in [1.165, 1.54) is 0 Å². The van der Waals surface area contributed by atoms with Crippen LogP contribution in [-0.2, 0) is 0 Å². The van der Waals surface area contributed by atoms with Crippen LogP contribution in [0.5, 0.6) is 5.88 Å². The molecule has 102 valence electrons. The number of hydrogen-bond acceptors (Lipinski definition) is 4. The molecule has 0 saturated carbocycles. The van der Waals surface area contributed by atoms with Gasteiger partial charge in [0.25, 0.3) is 0 Å². The summed E-state index contributed by atoms with van der Waals surface area (Å²) < 4.78 is 5.65. The third kappa shape index (κ3) is 4.80. The first kappa shape index (κ1) is 15.2. The van der Waals surface area contributed by atoms with Gasteiger partial charge in [0.05, 0.1) is 6.10 Å². The number of hydrogen-bond donors (Lipinski definition) is 0. The molecule has 1 rings (SSSR count). The minimum absolute atomic E-state index is 0.128. The van der Waals surface area contributed by atoms with Crippen molar-refractivity contribution < 1.29 is 4.74 Å². The largest absolute Gasteiger partial charge is 0.475 e. The number of aromatic nitrogens is 2. The van der Waals surface area contributed by atoms with Gasteiger partial charge in [-0.15, -0.1) is 0 Å². The Hall–Kier alpha value is -0.840. The summed E-state index contributed by atoms with van der Waals surface area (Å²) in [6.45, 7) is 9.98. The summed E-state index contributed by atoms with van der Waals surface area (Å²) in [6.07, 6.45) is 1.20. The molecule has 1 aromatic rings. The fourth-order valence-electron chi connectivity index (χ4n) is 1.65. The van der Waals surface area contributed by atoms with E-state index in [4.69, 9.17) is 4.74 Å². The van der Waals surface area contributed by atoms with Crippen LogP contribution in [0.2, 0.25) is 0 Å². The van der Waals surface area contributed by atoms with Crippen molar-refractivity contribution in [1.82, 2.24) is 9.97 Å². The first-order valence-corrected chi connectivity index (χ1v) is 7.52. The summed E-state index contributed by atoms with van der Waals surface area (Å²) in [6, 6.07) is 1.88. The van der Waals surface area contributed by atoms with Gasteiger partial charge < -0.3 is 9.64 Å². The predicted molar refractivity (Wildman–Crippen MR) is 78.8 cm³/mol. The lowest BCUT2D eigenvalue weighted by atomic mass is 10.4. The van der Waals surface area contributed by atoms with Crippen LogP contribution in [-0.4, -0.2) is 34.5 Å². The maximum atomic E-state index is 5.65. The van der Waals surface area contributed by atoms with Gasteiger partial charge in [0.15, 0.2) is 0 Å². The molecule has 0 radical (unpaired) electrons. The van der Waals surface area contributed by atoms with Crippen LogP contribution in [0.1, 0.15) is 32.9 Å². The second-order valence-electron chi connectivity index (χ2n) is 4.49. The van der Waals surface area contributed by atoms with Gasteiger partial charge in [0, 0.05) is 30.2 Å². The molecule has 1 heterocycles. The number of rotatable bonds is 7. The van der Waals surface area contributed by atoms with E-state index in [0.717, 1.165) is 36.5 Å². The zero-order chi connectivity index (χ0) is 13.5. The van der Waals surface area contributed by atoms with Gasteiger partial charge in [-0.3, -0.25) is 0 Å². The molecule has 4 nitrogen and oxygen atoms in total. The van der Waals surface area contributed by atoms with Gasteiger partial charge in [-0.2, -0.15) is 4.98 Å². The third-order valence-corrected chi connectivity index (χ3v) is 2.66. The number of nitrogens with zero attached hydrogens (tertiary/aromatic N) is 3. The van der Waals surface area contributed by atoms with Crippen molar-refractivity contribution in [2.45, 2.75) is 40.2 Å². The van der Waals surface area contributed by atoms with Crippen LogP contribution in [0, 0.1) is 6.92 Å². The van der Waals surface area contributed by atoms with E-state index in [9.17, 15) is 0 Å². The van der Waals surface area contributed by atoms with Crippen LogP contribution < -0.4 is 9.64 Å². The molecular weight excluding hydrogens is 294 g/mol. The Bertz CT molecular complexity index is 365. The minimum Gasteiger partial charge on any atom is -0.475 e. The molecule has 0 N–H and O–H groups in total. The number of aryl methyl sites for hydroxylation is 1. The highest BCUT2D eigenvalue weighted by Crippen LogP contribution is 2.17. The Kier molecular flexibility index (Phi) is 6.39. The van der Waals surface area contributed by atoms with Gasteiger partial charge in [-0.1, -0.05) is 22.9 Å². The summed E-state index contributed by atoms with van der Waals surface area (Å²) in [5.74, 6) is 1.41. The standard InChI is InChI=1S/C13H22BrN3O/c1-5-7-17(8-6-14)13-15-11(4)9-12(16-13)18-10(2)3/h9-10H,5-8H2,1-4H3. The summed E-state index contributed by atoms with van der Waals surface area (Å²) in [4.78, 5) is 11.2. The van der Waals surface area contributed by atoms with E-state index in [0.29, 0.717) is 5.88 Å². The van der Waals surface area contributed by atoms with E-state index >= 15 is 0 Å². The maximum Gasteiger partial charge on any atom is 0.228 e. The molecule has 0 spiro atoms. The molecule has 0 aliphatic carbocycles. The van der Waals surface area contributed by atoms with E-state index in [2.05, 4.69) is 37.7 Å². The average molecular weight is 316 g/mol. The highest BCUT2D eigenvalue weighted by Gasteiger charge is 2.11. The molecule has 0 bridgehead atoms. The number of anilines is 1. The molecule has 0 atom stereocenters. The zero-order valence-corrected chi connectivity index (χ0v) is 13.2. The Morgan fingerprint density at radius 1 is 1.33 bits per heavy atom. The van der Waals surface area contributed by atoms with Gasteiger partial charge in [0.2, 0.25) is 11.8 Å². The maximum absolute atomic E-state index is 5.65. The van der Waals surface area contributed by atoms with Crippen molar-refractivity contribution in [2.75, 3.05) is 23.3 Å². The number of halogens is 1. The van der Waals surface area contributed by atoms with E-state index < -0.39 is 0 Å². The lowest BCUT2D eigenvalue weighted by Crippen LogP contribution is -2.28. The Labute approximate surface area is 118 Å². The molecule has 5 heteroatoms. The second kappa shape index (κ2) is 7.56. The molecule has 0 fully saturated rings. The molecule has 0 aliphatic heterocycles. The number of ether oxygens (including phenoxy) is 1. The monoisotopic (exact) mass is 315 g/mol. The quantitative estimate of drug-likeness (QED) is 0.724. The van der Waals surface area contributed by atoms with Crippen LogP contribution in [0.25, 0.3) is 0 Å². The summed E-state index contributed by atoms with van der Waals surface area (Å²) in [5.41, 5.74) is 0.936. The van der Waals surface area contributed by atoms with Crippen molar-refractivity contribution in [3.63, 3.8) is 0 Å². The Morgan fingerprint density at radius 3 is 2.61 bits per heavy atom. The smallest absolute Gasteiger partial charge is 0.228 e. The van der Waals surface area contributed by atoms with Crippen molar-refractivity contribution in [3.05, 3.63) is 11.8 Å². The Morgan fingerprint density at radius 2 is 2.06 bits per heavy atom. The molecule has 0 aliphatic rings. The average Bonchev–Trinajstić information content (AvgIpc) is 2.27. The molecule has 0 saturated heterocycles. The molecule has 0 amide bonds. The molecule has 0 unspecified atom stereocenters. The summed E-state index contributed by atoms with van der Waals surface area (Å²) in [7, 11) is 0. The molecule has 0 aromatic carbocycles. The minimum atomic E-state index is 0.128. The van der Waals surface area contributed by atoms with Crippen molar-refractivity contribution in [1.29, 1.82) is 0 Å². The first-order valence-electron chi connectivity index (χ1n) is 6.40. The van der Waals surface area contributed by atoms with Gasteiger partial charge in [0.1, 0.15) is 0 Å². The van der Waals surface area contributed by atoms with Crippen molar-refractivity contribution in [3.8, 4) is 5.88 Å². The van der Waals surface area contributed by atoms with Gasteiger partial charge in [-0.25, -0.2) is 4.98 Å². The van der Waals surface area contributed by atoms with Crippen LogP contribution in [0.15, 0.2) is 6.07 Å². The normalized spacial score (nSPS) is 10.8. The first-order chi connectivity index (χ1) is 8.56. The van der Waals surface area contributed by atoms with Crippen molar-refractivity contribution >= 4 is 21.9 Å². The zero-order valence-electron chi connectivity index (χ0n) is 11.6. The predicted octanol–water partition coefficient (Wildman–Crippen LogP) is 3.18. The molecule has 1 aromatic heterocycles. The van der Waals surface area contributed by atoms with Crippen molar-refractivity contribution in [2.24, 2.45) is 0 Å². The van der Waals surface area contributed by atoms with E-state index in [-0.39, 0.29) is 6.10 Å². The van der Waals surface area contributed by atoms with Crippen LogP contribution in [0.4, 0.5) is 5.95 Å². The van der Waals surface area contributed by atoms with Gasteiger partial charge in [-0.05, 0) is 27.2 Å². The summed E-state index contributed by atoms with van der Waals surface area (Å²) >= 11 is 3.47. The lowest BCUT2D eigenvalue weighted by molar-refractivity contribution is 0.232. The highest BCUT2D eigenvalue weighted by atomic mass is 79.9. The topological polar surface area (TPSA) is 38.2 Å². The second-order valence-corrected chi connectivity index (χ2v) is 5.28. The fraction of sp³-hybridized carbons (Fsp3) is 0.692. The summed E-state index contributed by atoms with van der Waals surface area (Å²) in [5, 5.41) is 0.907. The molecule has 18 heavy (non-hydrogen) atoms. The van der Waals surface area contributed by atoms with E-state index in [1.807, 2.05) is 26.8 Å². The van der Waals surface area contributed by atoms with Gasteiger partial charge >= 0.3 is 0 Å². The van der Waals surface area contributed by atoms with E-state index in [1.54, 1.807) is 0 Å². The van der Waals surface area contributed by atoms with Crippen LogP contribution in [0.3, 0.4) is 0 Å².